The number of ether oxygens (including phenoxy) is 2. The van der Waals surface area contributed by atoms with Crippen LogP contribution in [0, 0.1) is 0 Å². The third kappa shape index (κ3) is 3.79. The molecule has 0 radical (unpaired) electrons. The second kappa shape index (κ2) is 7.91. The number of carbonyl (C=O) groups is 2. The molecule has 0 atom stereocenters. The Balaban J connectivity index is 1.70. The number of esters is 1. The van der Waals surface area contributed by atoms with Crippen molar-refractivity contribution in [3.05, 3.63) is 54.1 Å². The van der Waals surface area contributed by atoms with Gasteiger partial charge in [-0.25, -0.2) is 0 Å². The van der Waals surface area contributed by atoms with E-state index in [1.807, 2.05) is 24.3 Å². The maximum Gasteiger partial charge on any atom is 0.308 e. The number of methoxy groups -OCH3 is 1. The summed E-state index contributed by atoms with van der Waals surface area (Å²) in [5.41, 5.74) is 1.44. The van der Waals surface area contributed by atoms with Gasteiger partial charge in [0.05, 0.1) is 18.4 Å². The van der Waals surface area contributed by atoms with Crippen LogP contribution in [0.1, 0.15) is 17.3 Å². The van der Waals surface area contributed by atoms with Crippen molar-refractivity contribution < 1.29 is 19.1 Å². The summed E-state index contributed by atoms with van der Waals surface area (Å²) >= 11 is 0. The number of hydrogen-bond acceptors (Lipinski definition) is 5. The molecule has 2 aromatic carbocycles. The zero-order chi connectivity index (χ0) is 18.5. The Morgan fingerprint density at radius 1 is 0.885 bits per heavy atom. The minimum absolute atomic E-state index is 0.124. The number of piperazine rings is 1. The Morgan fingerprint density at radius 3 is 2.15 bits per heavy atom. The van der Waals surface area contributed by atoms with Crippen LogP contribution in [-0.2, 0) is 4.79 Å². The average Bonchev–Trinajstić information content (AvgIpc) is 2.67. The smallest absolute Gasteiger partial charge is 0.308 e. The van der Waals surface area contributed by atoms with E-state index < -0.39 is 5.97 Å². The van der Waals surface area contributed by atoms with Gasteiger partial charge in [-0.05, 0) is 24.3 Å². The Labute approximate surface area is 152 Å². The Kier molecular flexibility index (Phi) is 5.41. The molecule has 1 aliphatic heterocycles. The fraction of sp³-hybridized carbons (Fsp3) is 0.300. The molecule has 0 spiro atoms. The van der Waals surface area contributed by atoms with Crippen LogP contribution in [0.4, 0.5) is 5.69 Å². The van der Waals surface area contributed by atoms with Crippen LogP contribution in [-0.4, -0.2) is 50.1 Å². The van der Waals surface area contributed by atoms with Gasteiger partial charge in [-0.2, -0.15) is 0 Å². The first-order valence-electron chi connectivity index (χ1n) is 8.55. The van der Waals surface area contributed by atoms with Gasteiger partial charge in [0.25, 0.3) is 5.91 Å². The number of benzene rings is 2. The van der Waals surface area contributed by atoms with Crippen LogP contribution >= 0.6 is 0 Å². The number of anilines is 1. The van der Waals surface area contributed by atoms with Crippen molar-refractivity contribution in [1.82, 2.24) is 4.90 Å². The molecule has 1 aliphatic rings. The molecule has 2 aromatic rings. The number of rotatable bonds is 4. The lowest BCUT2D eigenvalue weighted by Gasteiger charge is -2.36. The lowest BCUT2D eigenvalue weighted by Crippen LogP contribution is -2.49. The summed E-state index contributed by atoms with van der Waals surface area (Å²) in [4.78, 5) is 28.1. The van der Waals surface area contributed by atoms with Gasteiger partial charge in [0.1, 0.15) is 11.5 Å². The molecule has 6 heteroatoms. The van der Waals surface area contributed by atoms with Crippen LogP contribution in [0.3, 0.4) is 0 Å². The van der Waals surface area contributed by atoms with Crippen molar-refractivity contribution in [2.45, 2.75) is 6.92 Å². The van der Waals surface area contributed by atoms with E-state index in [0.717, 1.165) is 11.4 Å². The highest BCUT2D eigenvalue weighted by molar-refractivity contribution is 5.97. The maximum atomic E-state index is 12.9. The van der Waals surface area contributed by atoms with E-state index in [1.54, 1.807) is 36.3 Å². The van der Waals surface area contributed by atoms with E-state index in [4.69, 9.17) is 9.47 Å². The quantitative estimate of drug-likeness (QED) is 0.624. The molecule has 0 saturated carbocycles. The van der Waals surface area contributed by atoms with Gasteiger partial charge in [0.15, 0.2) is 0 Å². The Hall–Kier alpha value is -3.02. The van der Waals surface area contributed by atoms with Crippen molar-refractivity contribution in [3.8, 4) is 11.5 Å². The summed E-state index contributed by atoms with van der Waals surface area (Å²) in [6.07, 6.45) is 0. The van der Waals surface area contributed by atoms with Crippen LogP contribution in [0.5, 0.6) is 11.5 Å². The Bertz CT molecular complexity index is 798. The van der Waals surface area contributed by atoms with Crippen molar-refractivity contribution in [2.75, 3.05) is 38.2 Å². The summed E-state index contributed by atoms with van der Waals surface area (Å²) in [7, 11) is 1.66. The first-order valence-corrected chi connectivity index (χ1v) is 8.55. The van der Waals surface area contributed by atoms with Crippen molar-refractivity contribution >= 4 is 17.6 Å². The van der Waals surface area contributed by atoms with Crippen LogP contribution in [0.15, 0.2) is 48.5 Å². The number of hydrogen-bond donors (Lipinski definition) is 0. The molecule has 1 heterocycles. The highest BCUT2D eigenvalue weighted by atomic mass is 16.5. The SMILES string of the molecule is COc1ccccc1N1CCN(C(=O)c2ccccc2OC(C)=O)CC1. The second-order valence-electron chi connectivity index (χ2n) is 6.04. The molecule has 0 unspecified atom stereocenters. The van der Waals surface area contributed by atoms with Crippen molar-refractivity contribution in [3.63, 3.8) is 0 Å². The van der Waals surface area contributed by atoms with E-state index in [0.29, 0.717) is 37.5 Å². The summed E-state index contributed by atoms with van der Waals surface area (Å²) in [5, 5.41) is 0. The van der Waals surface area contributed by atoms with Crippen molar-refractivity contribution in [1.29, 1.82) is 0 Å². The number of para-hydroxylation sites is 3. The first-order chi connectivity index (χ1) is 12.6. The van der Waals surface area contributed by atoms with Gasteiger partial charge < -0.3 is 19.3 Å². The summed E-state index contributed by atoms with van der Waals surface area (Å²) < 4.78 is 10.6. The minimum Gasteiger partial charge on any atom is -0.495 e. The molecule has 1 saturated heterocycles. The number of nitrogens with zero attached hydrogens (tertiary/aromatic N) is 2. The van der Waals surface area contributed by atoms with Gasteiger partial charge in [0, 0.05) is 33.1 Å². The summed E-state index contributed by atoms with van der Waals surface area (Å²) in [6, 6.07) is 14.7. The van der Waals surface area contributed by atoms with Gasteiger partial charge in [-0.15, -0.1) is 0 Å². The zero-order valence-corrected chi connectivity index (χ0v) is 15.0. The van der Waals surface area contributed by atoms with Gasteiger partial charge in [-0.1, -0.05) is 24.3 Å². The molecule has 0 bridgehead atoms. The molecule has 136 valence electrons. The van der Waals surface area contributed by atoms with Crippen LogP contribution < -0.4 is 14.4 Å². The molecule has 6 nitrogen and oxygen atoms in total. The molecule has 3 rings (SSSR count). The van der Waals surface area contributed by atoms with E-state index in [2.05, 4.69) is 4.90 Å². The van der Waals surface area contributed by atoms with Crippen LogP contribution in [0.2, 0.25) is 0 Å². The molecule has 0 aromatic heterocycles. The monoisotopic (exact) mass is 354 g/mol. The highest BCUT2D eigenvalue weighted by Gasteiger charge is 2.25. The standard InChI is InChI=1S/C20H22N2O4/c1-15(23)26-18-9-5-3-7-16(18)20(24)22-13-11-21(12-14-22)17-8-4-6-10-19(17)25-2/h3-10H,11-14H2,1-2H3. The maximum absolute atomic E-state index is 12.9. The molecule has 0 aliphatic carbocycles. The third-order valence-electron chi connectivity index (χ3n) is 4.36. The molecule has 1 fully saturated rings. The topological polar surface area (TPSA) is 59.1 Å². The fourth-order valence-corrected chi connectivity index (χ4v) is 3.10. The number of carbonyl (C=O) groups excluding carboxylic acids is 2. The largest absolute Gasteiger partial charge is 0.495 e. The van der Waals surface area contributed by atoms with Crippen molar-refractivity contribution in [2.24, 2.45) is 0 Å². The van der Waals surface area contributed by atoms with Gasteiger partial charge in [0.2, 0.25) is 0 Å². The molecular formula is C20H22N2O4. The van der Waals surface area contributed by atoms with E-state index in [9.17, 15) is 9.59 Å². The lowest BCUT2D eigenvalue weighted by molar-refractivity contribution is -0.131. The second-order valence-corrected chi connectivity index (χ2v) is 6.04. The number of amides is 1. The zero-order valence-electron chi connectivity index (χ0n) is 15.0. The van der Waals surface area contributed by atoms with Crippen LogP contribution in [0.25, 0.3) is 0 Å². The normalized spacial score (nSPS) is 14.1. The summed E-state index contributed by atoms with van der Waals surface area (Å²) in [6.45, 7) is 3.92. The minimum atomic E-state index is -0.439. The molecular weight excluding hydrogens is 332 g/mol. The molecule has 1 amide bonds. The average molecular weight is 354 g/mol. The van der Waals surface area contributed by atoms with E-state index >= 15 is 0 Å². The lowest BCUT2D eigenvalue weighted by atomic mass is 10.1. The molecule has 26 heavy (non-hydrogen) atoms. The first kappa shape index (κ1) is 17.8. The van der Waals surface area contributed by atoms with E-state index in [1.165, 1.54) is 6.92 Å². The van der Waals surface area contributed by atoms with Gasteiger partial charge in [-0.3, -0.25) is 9.59 Å². The van der Waals surface area contributed by atoms with E-state index in [-0.39, 0.29) is 5.91 Å². The van der Waals surface area contributed by atoms with Gasteiger partial charge >= 0.3 is 5.97 Å². The predicted octanol–water partition coefficient (Wildman–Crippen LogP) is 2.58. The molecule has 0 N–H and O–H groups in total. The Morgan fingerprint density at radius 2 is 1.50 bits per heavy atom. The third-order valence-corrected chi connectivity index (χ3v) is 4.36. The highest BCUT2D eigenvalue weighted by Crippen LogP contribution is 2.29. The fourth-order valence-electron chi connectivity index (χ4n) is 3.10. The summed E-state index contributed by atoms with van der Waals surface area (Å²) in [5.74, 6) is 0.567. The predicted molar refractivity (Wildman–Crippen MR) is 98.9 cm³/mol.